The number of hydrogen-bond donors (Lipinski definition) is 2. The Morgan fingerprint density at radius 1 is 1.25 bits per heavy atom. The first kappa shape index (κ1) is 24.7. The summed E-state index contributed by atoms with van der Waals surface area (Å²) in [6, 6.07) is 5.77. The second-order valence-corrected chi connectivity index (χ2v) is 8.27. The number of halogens is 2. The van der Waals surface area contributed by atoms with Gasteiger partial charge in [0.2, 0.25) is 0 Å². The first-order valence-electron chi connectivity index (χ1n) is 11.2. The standard InChI is InChI=1S/C22H33FN8.HI/c1-4-29-9-11-30(12-10-29)20-7-5-17(13-19(20)23)14-25-22(24-3)27-18-6-8-21-26-16(2)28-31(21)15-18;/h5,7,13,18H,4,6,8-12,14-15H2,1-3H3,(H2,24,25,27);1H. The first-order chi connectivity index (χ1) is 15.1. The van der Waals surface area contributed by atoms with Gasteiger partial charge in [-0.3, -0.25) is 4.99 Å². The number of anilines is 1. The van der Waals surface area contributed by atoms with Crippen LogP contribution in [-0.2, 0) is 19.5 Å². The topological polar surface area (TPSA) is 73.6 Å². The van der Waals surface area contributed by atoms with Crippen LogP contribution < -0.4 is 15.5 Å². The van der Waals surface area contributed by atoms with Crippen molar-refractivity contribution in [2.45, 2.75) is 45.8 Å². The van der Waals surface area contributed by atoms with Crippen LogP contribution in [0.2, 0.25) is 0 Å². The number of aryl methyl sites for hydroxylation is 2. The predicted octanol–water partition coefficient (Wildman–Crippen LogP) is 2.17. The van der Waals surface area contributed by atoms with Crippen LogP contribution in [0.25, 0.3) is 0 Å². The Morgan fingerprint density at radius 3 is 2.72 bits per heavy atom. The summed E-state index contributed by atoms with van der Waals surface area (Å²) in [6.07, 6.45) is 1.88. The molecule has 0 saturated carbocycles. The molecule has 32 heavy (non-hydrogen) atoms. The highest BCUT2D eigenvalue weighted by Crippen LogP contribution is 2.22. The van der Waals surface area contributed by atoms with Crippen molar-refractivity contribution in [2.24, 2.45) is 4.99 Å². The lowest BCUT2D eigenvalue weighted by molar-refractivity contribution is 0.270. The van der Waals surface area contributed by atoms with E-state index in [1.807, 2.05) is 23.7 Å². The van der Waals surface area contributed by atoms with Gasteiger partial charge in [0.25, 0.3) is 0 Å². The summed E-state index contributed by atoms with van der Waals surface area (Å²) in [5, 5.41) is 11.2. The first-order valence-corrected chi connectivity index (χ1v) is 11.2. The molecule has 1 fully saturated rings. The molecule has 2 aliphatic rings. The molecule has 1 aromatic carbocycles. The number of likely N-dealkylation sites (N-methyl/N-ethyl adjacent to an activating group) is 1. The molecule has 2 aromatic rings. The number of nitrogens with one attached hydrogen (secondary N) is 2. The van der Waals surface area contributed by atoms with Crippen LogP contribution in [0.3, 0.4) is 0 Å². The van der Waals surface area contributed by atoms with Crippen LogP contribution in [-0.4, -0.2) is 71.4 Å². The van der Waals surface area contributed by atoms with Gasteiger partial charge in [0.05, 0.1) is 12.2 Å². The molecule has 1 saturated heterocycles. The van der Waals surface area contributed by atoms with Crippen molar-refractivity contribution in [2.75, 3.05) is 44.7 Å². The normalized spacial score (nSPS) is 19.3. The number of aromatic nitrogens is 3. The second kappa shape index (κ2) is 11.3. The number of aliphatic imine (C=N–C) groups is 1. The average Bonchev–Trinajstić information content (AvgIpc) is 3.16. The molecule has 0 spiro atoms. The summed E-state index contributed by atoms with van der Waals surface area (Å²) in [7, 11) is 1.75. The maximum Gasteiger partial charge on any atom is 0.191 e. The molecule has 0 amide bonds. The highest BCUT2D eigenvalue weighted by Gasteiger charge is 2.22. The number of fused-ring (bicyclic) bond motifs is 1. The SMILES string of the molecule is CCN1CCN(c2ccc(CNC(=NC)NC3CCc4nc(C)nn4C3)cc2F)CC1.I. The van der Waals surface area contributed by atoms with E-state index in [-0.39, 0.29) is 35.8 Å². The van der Waals surface area contributed by atoms with Crippen molar-refractivity contribution < 1.29 is 4.39 Å². The Hall–Kier alpha value is -1.95. The van der Waals surface area contributed by atoms with Gasteiger partial charge in [0, 0.05) is 52.2 Å². The molecule has 2 N–H and O–H groups in total. The fourth-order valence-electron chi connectivity index (χ4n) is 4.35. The molecule has 2 aliphatic heterocycles. The summed E-state index contributed by atoms with van der Waals surface area (Å²) in [4.78, 5) is 13.3. The Labute approximate surface area is 206 Å². The number of hydrogen-bond acceptors (Lipinski definition) is 5. The van der Waals surface area contributed by atoms with Crippen LogP contribution in [0, 0.1) is 12.7 Å². The van der Waals surface area contributed by atoms with E-state index in [0.717, 1.165) is 69.3 Å². The molecule has 3 heterocycles. The summed E-state index contributed by atoms with van der Waals surface area (Å²) in [6.45, 7) is 10.1. The van der Waals surface area contributed by atoms with Gasteiger partial charge in [-0.15, -0.1) is 24.0 Å². The maximum absolute atomic E-state index is 14.8. The van der Waals surface area contributed by atoms with Gasteiger partial charge in [-0.1, -0.05) is 13.0 Å². The van der Waals surface area contributed by atoms with Gasteiger partial charge in [0.1, 0.15) is 17.5 Å². The second-order valence-electron chi connectivity index (χ2n) is 8.27. The molecular weight excluding hydrogens is 522 g/mol. The van der Waals surface area contributed by atoms with Crippen LogP contribution >= 0.6 is 24.0 Å². The zero-order valence-corrected chi connectivity index (χ0v) is 21.5. The van der Waals surface area contributed by atoms with E-state index in [1.165, 1.54) is 0 Å². The lowest BCUT2D eigenvalue weighted by Crippen LogP contribution is -2.47. The molecule has 1 aromatic heterocycles. The van der Waals surface area contributed by atoms with Crippen molar-refractivity contribution in [3.05, 3.63) is 41.2 Å². The average molecular weight is 556 g/mol. The zero-order valence-electron chi connectivity index (χ0n) is 19.1. The largest absolute Gasteiger partial charge is 0.367 e. The molecule has 1 unspecified atom stereocenters. The minimum atomic E-state index is -0.159. The van der Waals surface area contributed by atoms with E-state index in [4.69, 9.17) is 0 Å². The molecule has 0 aliphatic carbocycles. The zero-order chi connectivity index (χ0) is 21.8. The van der Waals surface area contributed by atoms with E-state index in [0.29, 0.717) is 18.2 Å². The predicted molar refractivity (Wildman–Crippen MR) is 136 cm³/mol. The molecule has 10 heteroatoms. The van der Waals surface area contributed by atoms with Crippen molar-refractivity contribution >= 4 is 35.6 Å². The van der Waals surface area contributed by atoms with Crippen molar-refractivity contribution in [3.8, 4) is 0 Å². The van der Waals surface area contributed by atoms with Gasteiger partial charge in [-0.2, -0.15) is 5.10 Å². The lowest BCUT2D eigenvalue weighted by atomic mass is 10.1. The Kier molecular flexibility index (Phi) is 8.69. The van der Waals surface area contributed by atoms with E-state index in [2.05, 4.69) is 42.4 Å². The van der Waals surface area contributed by atoms with Gasteiger partial charge in [-0.05, 0) is 37.6 Å². The van der Waals surface area contributed by atoms with Gasteiger partial charge < -0.3 is 20.4 Å². The number of guanidine groups is 1. The lowest BCUT2D eigenvalue weighted by Gasteiger charge is -2.35. The summed E-state index contributed by atoms with van der Waals surface area (Å²) < 4.78 is 16.8. The van der Waals surface area contributed by atoms with Gasteiger partial charge in [-0.25, -0.2) is 14.1 Å². The number of piperazine rings is 1. The fourth-order valence-corrected chi connectivity index (χ4v) is 4.35. The monoisotopic (exact) mass is 556 g/mol. The third kappa shape index (κ3) is 5.89. The van der Waals surface area contributed by atoms with Crippen LogP contribution in [0.15, 0.2) is 23.2 Å². The highest BCUT2D eigenvalue weighted by atomic mass is 127. The van der Waals surface area contributed by atoms with Crippen molar-refractivity contribution in [1.82, 2.24) is 30.3 Å². The fraction of sp³-hybridized carbons (Fsp3) is 0.591. The van der Waals surface area contributed by atoms with Gasteiger partial charge in [0.15, 0.2) is 5.96 Å². The number of nitrogens with zero attached hydrogens (tertiary/aromatic N) is 6. The Morgan fingerprint density at radius 2 is 2.03 bits per heavy atom. The van der Waals surface area contributed by atoms with E-state index in [9.17, 15) is 4.39 Å². The quantitative estimate of drug-likeness (QED) is 0.334. The molecular formula is C22H34FIN8. The van der Waals surface area contributed by atoms with Crippen molar-refractivity contribution in [3.63, 3.8) is 0 Å². The number of rotatable bonds is 5. The molecule has 176 valence electrons. The van der Waals surface area contributed by atoms with Gasteiger partial charge >= 0.3 is 0 Å². The summed E-state index contributed by atoms with van der Waals surface area (Å²) >= 11 is 0. The smallest absolute Gasteiger partial charge is 0.191 e. The van der Waals surface area contributed by atoms with E-state index in [1.54, 1.807) is 13.1 Å². The Bertz CT molecular complexity index is 923. The molecule has 0 radical (unpaired) electrons. The Balaban J connectivity index is 0.00000289. The molecule has 1 atom stereocenters. The third-order valence-corrected chi connectivity index (χ3v) is 6.16. The van der Waals surface area contributed by atoms with Crippen molar-refractivity contribution in [1.29, 1.82) is 0 Å². The maximum atomic E-state index is 14.8. The van der Waals surface area contributed by atoms with E-state index >= 15 is 0 Å². The van der Waals surface area contributed by atoms with E-state index < -0.39 is 0 Å². The van der Waals surface area contributed by atoms with Crippen LogP contribution in [0.4, 0.5) is 10.1 Å². The highest BCUT2D eigenvalue weighted by molar-refractivity contribution is 14.0. The third-order valence-electron chi connectivity index (χ3n) is 6.16. The number of benzene rings is 1. The molecule has 4 rings (SSSR count). The summed E-state index contributed by atoms with van der Waals surface area (Å²) in [5.74, 6) is 2.42. The van der Waals surface area contributed by atoms with Crippen LogP contribution in [0.1, 0.15) is 30.6 Å². The molecule has 8 nitrogen and oxygen atoms in total. The van der Waals surface area contributed by atoms with Crippen LogP contribution in [0.5, 0.6) is 0 Å². The molecule has 0 bridgehead atoms. The minimum absolute atomic E-state index is 0. The summed E-state index contributed by atoms with van der Waals surface area (Å²) in [5.41, 5.74) is 1.59. The minimum Gasteiger partial charge on any atom is -0.367 e.